The first kappa shape index (κ1) is 12.7. The molecule has 0 amide bonds. The van der Waals surface area contributed by atoms with Crippen LogP contribution in [0.5, 0.6) is 5.75 Å². The first-order chi connectivity index (χ1) is 8.70. The minimum Gasteiger partial charge on any atom is -0.493 e. The monoisotopic (exact) mass is 245 g/mol. The Morgan fingerprint density at radius 1 is 1.39 bits per heavy atom. The third-order valence-corrected chi connectivity index (χ3v) is 2.73. The number of nitrogens with one attached hydrogen (secondary N) is 1. The molecule has 0 saturated carbocycles. The molecule has 1 N–H and O–H groups in total. The fourth-order valence-electron chi connectivity index (χ4n) is 1.81. The van der Waals surface area contributed by atoms with Crippen LogP contribution in [-0.2, 0) is 6.54 Å². The number of para-hydroxylation sites is 1. The molecule has 96 valence electrons. The summed E-state index contributed by atoms with van der Waals surface area (Å²) in [6, 6.07) is 7.96. The summed E-state index contributed by atoms with van der Waals surface area (Å²) in [7, 11) is 1.66. The standard InChI is InChI=1S/C15H19NO2/c1-11(2)7-8-16-10-13-9-12-5-4-6-14(17-3)15(12)18-13/h4-7,9,16H,8,10H2,1-3H3. The lowest BCUT2D eigenvalue weighted by atomic mass is 10.2. The molecule has 0 spiro atoms. The summed E-state index contributed by atoms with van der Waals surface area (Å²) >= 11 is 0. The highest BCUT2D eigenvalue weighted by Gasteiger charge is 2.07. The van der Waals surface area contributed by atoms with Crippen LogP contribution in [0.15, 0.2) is 40.3 Å². The first-order valence-electron chi connectivity index (χ1n) is 6.10. The van der Waals surface area contributed by atoms with Crippen molar-refractivity contribution in [3.63, 3.8) is 0 Å². The van der Waals surface area contributed by atoms with Crippen molar-refractivity contribution in [2.75, 3.05) is 13.7 Å². The maximum atomic E-state index is 5.79. The van der Waals surface area contributed by atoms with Gasteiger partial charge in [-0.3, -0.25) is 0 Å². The van der Waals surface area contributed by atoms with E-state index in [-0.39, 0.29) is 0 Å². The number of methoxy groups -OCH3 is 1. The van der Waals surface area contributed by atoms with Crippen LogP contribution in [0.1, 0.15) is 19.6 Å². The average Bonchev–Trinajstić information content (AvgIpc) is 2.76. The Labute approximate surface area is 107 Å². The summed E-state index contributed by atoms with van der Waals surface area (Å²) in [5.74, 6) is 1.71. The smallest absolute Gasteiger partial charge is 0.176 e. The van der Waals surface area contributed by atoms with E-state index in [2.05, 4.69) is 25.2 Å². The number of allylic oxidation sites excluding steroid dienone is 1. The van der Waals surface area contributed by atoms with Crippen molar-refractivity contribution in [2.24, 2.45) is 0 Å². The van der Waals surface area contributed by atoms with Gasteiger partial charge in [-0.1, -0.05) is 23.8 Å². The van der Waals surface area contributed by atoms with E-state index in [0.29, 0.717) is 0 Å². The molecular formula is C15H19NO2. The molecule has 0 radical (unpaired) electrons. The number of ether oxygens (including phenoxy) is 1. The van der Waals surface area contributed by atoms with Gasteiger partial charge < -0.3 is 14.5 Å². The van der Waals surface area contributed by atoms with Gasteiger partial charge in [0.15, 0.2) is 11.3 Å². The van der Waals surface area contributed by atoms with Gasteiger partial charge in [-0.2, -0.15) is 0 Å². The zero-order valence-electron chi connectivity index (χ0n) is 11.1. The molecule has 0 aliphatic carbocycles. The molecule has 1 aromatic heterocycles. The van der Waals surface area contributed by atoms with Gasteiger partial charge in [0, 0.05) is 11.9 Å². The van der Waals surface area contributed by atoms with Crippen LogP contribution in [0.4, 0.5) is 0 Å². The van der Waals surface area contributed by atoms with Crippen LogP contribution in [0.2, 0.25) is 0 Å². The Morgan fingerprint density at radius 2 is 2.22 bits per heavy atom. The molecule has 3 heteroatoms. The summed E-state index contributed by atoms with van der Waals surface area (Å²) in [5, 5.41) is 4.40. The second kappa shape index (κ2) is 5.74. The van der Waals surface area contributed by atoms with Crippen LogP contribution in [0.3, 0.4) is 0 Å². The van der Waals surface area contributed by atoms with E-state index in [1.165, 1.54) is 5.57 Å². The average molecular weight is 245 g/mol. The number of hydrogen-bond donors (Lipinski definition) is 1. The zero-order chi connectivity index (χ0) is 13.0. The molecule has 1 heterocycles. The van der Waals surface area contributed by atoms with Gasteiger partial charge in [-0.05, 0) is 26.0 Å². The predicted molar refractivity (Wildman–Crippen MR) is 73.9 cm³/mol. The van der Waals surface area contributed by atoms with E-state index < -0.39 is 0 Å². The summed E-state index contributed by atoms with van der Waals surface area (Å²) < 4.78 is 11.1. The maximum absolute atomic E-state index is 5.79. The van der Waals surface area contributed by atoms with E-state index >= 15 is 0 Å². The molecule has 2 aromatic rings. The van der Waals surface area contributed by atoms with Crippen LogP contribution in [-0.4, -0.2) is 13.7 Å². The fraction of sp³-hybridized carbons (Fsp3) is 0.333. The number of furan rings is 1. The summed E-state index contributed by atoms with van der Waals surface area (Å²) in [4.78, 5) is 0. The minimum absolute atomic E-state index is 0.724. The normalized spacial score (nSPS) is 10.6. The Morgan fingerprint density at radius 3 is 2.94 bits per heavy atom. The van der Waals surface area contributed by atoms with Crippen molar-refractivity contribution >= 4 is 11.0 Å². The van der Waals surface area contributed by atoms with Gasteiger partial charge in [0.2, 0.25) is 0 Å². The lowest BCUT2D eigenvalue weighted by Gasteiger charge is -1.99. The number of hydrogen-bond acceptors (Lipinski definition) is 3. The highest BCUT2D eigenvalue weighted by Crippen LogP contribution is 2.28. The van der Waals surface area contributed by atoms with Gasteiger partial charge >= 0.3 is 0 Å². The molecule has 0 atom stereocenters. The predicted octanol–water partition coefficient (Wildman–Crippen LogP) is 3.50. The van der Waals surface area contributed by atoms with Crippen LogP contribution in [0.25, 0.3) is 11.0 Å². The van der Waals surface area contributed by atoms with E-state index in [1.807, 2.05) is 24.3 Å². The fourth-order valence-corrected chi connectivity index (χ4v) is 1.81. The molecule has 0 fully saturated rings. The Balaban J connectivity index is 2.08. The van der Waals surface area contributed by atoms with Crippen molar-refractivity contribution in [3.05, 3.63) is 41.7 Å². The third kappa shape index (κ3) is 2.93. The SMILES string of the molecule is COc1cccc2cc(CNCC=C(C)C)oc12. The highest BCUT2D eigenvalue weighted by atomic mass is 16.5. The maximum Gasteiger partial charge on any atom is 0.176 e. The molecule has 0 saturated heterocycles. The van der Waals surface area contributed by atoms with E-state index in [1.54, 1.807) is 7.11 Å². The third-order valence-electron chi connectivity index (χ3n) is 2.73. The summed E-state index contributed by atoms with van der Waals surface area (Å²) in [6.07, 6.45) is 2.16. The van der Waals surface area contributed by atoms with Crippen molar-refractivity contribution in [1.29, 1.82) is 0 Å². The number of rotatable bonds is 5. The van der Waals surface area contributed by atoms with Crippen molar-refractivity contribution in [2.45, 2.75) is 20.4 Å². The zero-order valence-corrected chi connectivity index (χ0v) is 11.1. The molecule has 18 heavy (non-hydrogen) atoms. The molecular weight excluding hydrogens is 226 g/mol. The quantitative estimate of drug-likeness (QED) is 0.646. The summed E-state index contributed by atoms with van der Waals surface area (Å²) in [5.41, 5.74) is 2.13. The molecule has 0 aliphatic heterocycles. The van der Waals surface area contributed by atoms with Crippen LogP contribution >= 0.6 is 0 Å². The molecule has 3 nitrogen and oxygen atoms in total. The number of benzene rings is 1. The molecule has 0 bridgehead atoms. The van der Waals surface area contributed by atoms with E-state index in [4.69, 9.17) is 9.15 Å². The van der Waals surface area contributed by atoms with Gasteiger partial charge in [-0.25, -0.2) is 0 Å². The summed E-state index contributed by atoms with van der Waals surface area (Å²) in [6.45, 7) is 5.76. The van der Waals surface area contributed by atoms with Gasteiger partial charge in [0.25, 0.3) is 0 Å². The first-order valence-corrected chi connectivity index (χ1v) is 6.10. The molecule has 0 aliphatic rings. The molecule has 0 unspecified atom stereocenters. The van der Waals surface area contributed by atoms with Gasteiger partial charge in [0.1, 0.15) is 5.76 Å². The van der Waals surface area contributed by atoms with Crippen molar-refractivity contribution in [3.8, 4) is 5.75 Å². The molecule has 1 aromatic carbocycles. The Kier molecular flexibility index (Phi) is 4.05. The second-order valence-corrected chi connectivity index (χ2v) is 4.50. The van der Waals surface area contributed by atoms with Crippen molar-refractivity contribution in [1.82, 2.24) is 5.32 Å². The Bertz CT molecular complexity index is 551. The topological polar surface area (TPSA) is 34.4 Å². The largest absolute Gasteiger partial charge is 0.493 e. The van der Waals surface area contributed by atoms with Crippen LogP contribution in [0, 0.1) is 0 Å². The van der Waals surface area contributed by atoms with E-state index in [9.17, 15) is 0 Å². The van der Waals surface area contributed by atoms with E-state index in [0.717, 1.165) is 35.6 Å². The molecule has 2 rings (SSSR count). The van der Waals surface area contributed by atoms with Gasteiger partial charge in [-0.15, -0.1) is 0 Å². The lowest BCUT2D eigenvalue weighted by Crippen LogP contribution is -2.12. The van der Waals surface area contributed by atoms with Crippen molar-refractivity contribution < 1.29 is 9.15 Å². The Hall–Kier alpha value is -1.74. The number of fused-ring (bicyclic) bond motifs is 1. The lowest BCUT2D eigenvalue weighted by molar-refractivity contribution is 0.406. The highest BCUT2D eigenvalue weighted by molar-refractivity contribution is 5.83. The second-order valence-electron chi connectivity index (χ2n) is 4.50. The van der Waals surface area contributed by atoms with Crippen LogP contribution < -0.4 is 10.1 Å². The van der Waals surface area contributed by atoms with Gasteiger partial charge in [0.05, 0.1) is 13.7 Å². The minimum atomic E-state index is 0.724.